The summed E-state index contributed by atoms with van der Waals surface area (Å²) in [6, 6.07) is 0.517. The van der Waals surface area contributed by atoms with E-state index in [1.54, 1.807) is 7.11 Å². The number of hydrogen-bond acceptors (Lipinski definition) is 9. The minimum Gasteiger partial charge on any atom is -0.375 e. The van der Waals surface area contributed by atoms with Gasteiger partial charge in [0.25, 0.3) is 5.89 Å². The molecule has 1 aliphatic heterocycles. The average molecular weight is 345 g/mol. The molecule has 0 atom stereocenters. The Balaban J connectivity index is 1.53. The largest absolute Gasteiger partial charge is 0.375 e. The molecule has 1 aliphatic carbocycles. The molecule has 2 aliphatic rings. The standard InChI is InChI=1S/C16H23N7O2/c1-24-9-14-21-13(23-25-14)8-18-15-11-4-6-17-7-5-12(11)20-16(22-15)19-10-2-3-10/h10,17H,2-9H2,1H3,(H2,18,19,20,22). The minimum absolute atomic E-state index is 0.316. The Morgan fingerprint density at radius 3 is 2.92 bits per heavy atom. The zero-order valence-corrected chi connectivity index (χ0v) is 14.3. The third-order valence-corrected chi connectivity index (χ3v) is 4.29. The van der Waals surface area contributed by atoms with E-state index in [0.29, 0.717) is 36.9 Å². The van der Waals surface area contributed by atoms with Crippen LogP contribution >= 0.6 is 0 Å². The van der Waals surface area contributed by atoms with E-state index in [0.717, 1.165) is 37.4 Å². The fourth-order valence-electron chi connectivity index (χ4n) is 2.87. The molecule has 2 aromatic heterocycles. The van der Waals surface area contributed by atoms with Gasteiger partial charge in [-0.3, -0.25) is 0 Å². The van der Waals surface area contributed by atoms with Gasteiger partial charge in [0.15, 0.2) is 5.82 Å². The van der Waals surface area contributed by atoms with Crippen molar-refractivity contribution in [2.45, 2.75) is 44.9 Å². The van der Waals surface area contributed by atoms with E-state index >= 15 is 0 Å². The highest BCUT2D eigenvalue weighted by Crippen LogP contribution is 2.26. The van der Waals surface area contributed by atoms with Crippen molar-refractivity contribution in [2.75, 3.05) is 30.8 Å². The van der Waals surface area contributed by atoms with Crippen LogP contribution in [0.25, 0.3) is 0 Å². The molecular weight excluding hydrogens is 322 g/mol. The quantitative estimate of drug-likeness (QED) is 0.673. The SMILES string of the molecule is COCc1nc(CNc2nc(NC3CC3)nc3c2CCNCC3)no1. The third kappa shape index (κ3) is 4.05. The van der Waals surface area contributed by atoms with Crippen molar-refractivity contribution in [3.63, 3.8) is 0 Å². The van der Waals surface area contributed by atoms with Gasteiger partial charge in [-0.1, -0.05) is 5.16 Å². The van der Waals surface area contributed by atoms with Gasteiger partial charge in [0.1, 0.15) is 12.4 Å². The highest BCUT2D eigenvalue weighted by atomic mass is 16.5. The van der Waals surface area contributed by atoms with E-state index < -0.39 is 0 Å². The van der Waals surface area contributed by atoms with Gasteiger partial charge in [0.05, 0.1) is 12.2 Å². The number of rotatable bonds is 7. The van der Waals surface area contributed by atoms with Crippen LogP contribution in [-0.2, 0) is 30.7 Å². The molecule has 25 heavy (non-hydrogen) atoms. The smallest absolute Gasteiger partial charge is 0.252 e. The number of hydrogen-bond donors (Lipinski definition) is 3. The Kier molecular flexibility index (Phi) is 4.75. The monoisotopic (exact) mass is 345 g/mol. The molecule has 0 aromatic carbocycles. The second-order valence-corrected chi connectivity index (χ2v) is 6.38. The van der Waals surface area contributed by atoms with Gasteiger partial charge in [0, 0.05) is 31.7 Å². The fraction of sp³-hybridized carbons (Fsp3) is 0.625. The Labute approximate surface area is 146 Å². The first-order chi connectivity index (χ1) is 12.3. The van der Waals surface area contributed by atoms with Crippen LogP contribution in [0.5, 0.6) is 0 Å². The molecule has 4 rings (SSSR count). The van der Waals surface area contributed by atoms with Crippen LogP contribution in [-0.4, -0.2) is 46.3 Å². The van der Waals surface area contributed by atoms with Crippen LogP contribution in [0.15, 0.2) is 4.52 Å². The number of nitrogens with zero attached hydrogens (tertiary/aromatic N) is 4. The third-order valence-electron chi connectivity index (χ3n) is 4.29. The van der Waals surface area contributed by atoms with Crippen molar-refractivity contribution in [1.82, 2.24) is 25.4 Å². The first-order valence-electron chi connectivity index (χ1n) is 8.73. The molecule has 0 radical (unpaired) electrons. The molecule has 0 unspecified atom stereocenters. The summed E-state index contributed by atoms with van der Waals surface area (Å²) in [5.41, 5.74) is 2.28. The van der Waals surface area contributed by atoms with Crippen LogP contribution < -0.4 is 16.0 Å². The summed E-state index contributed by atoms with van der Waals surface area (Å²) in [7, 11) is 1.60. The second-order valence-electron chi connectivity index (χ2n) is 6.38. The molecule has 0 saturated heterocycles. The van der Waals surface area contributed by atoms with Crippen LogP contribution in [0.3, 0.4) is 0 Å². The normalized spacial score (nSPS) is 17.0. The molecular formula is C16H23N7O2. The number of ether oxygens (including phenoxy) is 1. The Morgan fingerprint density at radius 1 is 1.20 bits per heavy atom. The first kappa shape index (κ1) is 16.2. The predicted octanol–water partition coefficient (Wildman–Crippen LogP) is 0.881. The maximum Gasteiger partial charge on any atom is 0.252 e. The summed E-state index contributed by atoms with van der Waals surface area (Å²) in [5, 5.41) is 14.1. The summed E-state index contributed by atoms with van der Waals surface area (Å²) in [6.07, 6.45) is 4.19. The lowest BCUT2D eigenvalue weighted by atomic mass is 10.1. The van der Waals surface area contributed by atoms with Crippen molar-refractivity contribution < 1.29 is 9.26 Å². The Bertz CT molecular complexity index is 729. The van der Waals surface area contributed by atoms with Gasteiger partial charge in [-0.05, 0) is 25.8 Å². The van der Waals surface area contributed by atoms with E-state index in [2.05, 4.69) is 26.1 Å². The molecule has 134 valence electrons. The average Bonchev–Trinajstić information content (AvgIpc) is 3.36. The van der Waals surface area contributed by atoms with Gasteiger partial charge in [-0.15, -0.1) is 0 Å². The van der Waals surface area contributed by atoms with Gasteiger partial charge >= 0.3 is 0 Å². The highest BCUT2D eigenvalue weighted by Gasteiger charge is 2.24. The number of aromatic nitrogens is 4. The fourth-order valence-corrected chi connectivity index (χ4v) is 2.87. The summed E-state index contributed by atoms with van der Waals surface area (Å²) >= 11 is 0. The van der Waals surface area contributed by atoms with Crippen molar-refractivity contribution in [2.24, 2.45) is 0 Å². The first-order valence-corrected chi connectivity index (χ1v) is 8.73. The summed E-state index contributed by atoms with van der Waals surface area (Å²) < 4.78 is 10.1. The van der Waals surface area contributed by atoms with Crippen molar-refractivity contribution in [3.8, 4) is 0 Å². The van der Waals surface area contributed by atoms with E-state index in [1.807, 2.05) is 0 Å². The molecule has 3 N–H and O–H groups in total. The molecule has 9 nitrogen and oxygen atoms in total. The van der Waals surface area contributed by atoms with E-state index in [-0.39, 0.29) is 0 Å². The van der Waals surface area contributed by atoms with Gasteiger partial charge in [-0.25, -0.2) is 4.98 Å². The maximum atomic E-state index is 5.13. The number of fused-ring (bicyclic) bond motifs is 1. The molecule has 9 heteroatoms. The summed E-state index contributed by atoms with van der Waals surface area (Å²) in [6.45, 7) is 2.64. The number of anilines is 2. The van der Waals surface area contributed by atoms with Crippen LogP contribution in [0.1, 0.15) is 35.8 Å². The molecule has 2 aromatic rings. The van der Waals surface area contributed by atoms with Crippen molar-refractivity contribution in [1.29, 1.82) is 0 Å². The molecule has 0 amide bonds. The van der Waals surface area contributed by atoms with Gasteiger partial charge < -0.3 is 25.2 Å². The van der Waals surface area contributed by atoms with Gasteiger partial charge in [-0.2, -0.15) is 9.97 Å². The number of methoxy groups -OCH3 is 1. The van der Waals surface area contributed by atoms with Gasteiger partial charge in [0.2, 0.25) is 5.95 Å². The maximum absolute atomic E-state index is 5.13. The highest BCUT2D eigenvalue weighted by molar-refractivity contribution is 5.52. The topological polar surface area (TPSA) is 110 Å². The molecule has 0 spiro atoms. The zero-order valence-electron chi connectivity index (χ0n) is 14.3. The Hall–Kier alpha value is -2.26. The van der Waals surface area contributed by atoms with Crippen molar-refractivity contribution in [3.05, 3.63) is 23.0 Å². The lowest BCUT2D eigenvalue weighted by molar-refractivity contribution is 0.151. The summed E-state index contributed by atoms with van der Waals surface area (Å²) in [5.74, 6) is 2.62. The molecule has 3 heterocycles. The zero-order chi connectivity index (χ0) is 17.1. The van der Waals surface area contributed by atoms with Crippen LogP contribution in [0, 0.1) is 0 Å². The minimum atomic E-state index is 0.316. The Morgan fingerprint density at radius 2 is 2.08 bits per heavy atom. The van der Waals surface area contributed by atoms with E-state index in [1.165, 1.54) is 18.4 Å². The molecule has 0 bridgehead atoms. The molecule has 1 saturated carbocycles. The lowest BCUT2D eigenvalue weighted by Gasteiger charge is -2.14. The second kappa shape index (κ2) is 7.32. The molecule has 1 fully saturated rings. The lowest BCUT2D eigenvalue weighted by Crippen LogP contribution is -2.16. The predicted molar refractivity (Wildman–Crippen MR) is 91.3 cm³/mol. The van der Waals surface area contributed by atoms with Crippen LogP contribution in [0.4, 0.5) is 11.8 Å². The van der Waals surface area contributed by atoms with Crippen molar-refractivity contribution >= 4 is 11.8 Å². The van der Waals surface area contributed by atoms with E-state index in [9.17, 15) is 0 Å². The van der Waals surface area contributed by atoms with E-state index in [4.69, 9.17) is 19.2 Å². The summed E-state index contributed by atoms with van der Waals surface area (Å²) in [4.78, 5) is 13.7. The number of nitrogens with one attached hydrogen (secondary N) is 3. The van der Waals surface area contributed by atoms with Crippen LogP contribution in [0.2, 0.25) is 0 Å².